The normalized spacial score (nSPS) is 12.6. The second kappa shape index (κ2) is 4.82. The summed E-state index contributed by atoms with van der Waals surface area (Å²) in [6.45, 7) is 1.49. The number of rotatable bonds is 3. The number of benzene rings is 1. The summed E-state index contributed by atoms with van der Waals surface area (Å²) in [5, 5.41) is 8.40. The molecule has 0 saturated carbocycles. The van der Waals surface area contributed by atoms with E-state index in [1.54, 1.807) is 25.1 Å². The van der Waals surface area contributed by atoms with E-state index in [1.807, 2.05) is 0 Å². The van der Waals surface area contributed by atoms with Crippen LogP contribution in [0, 0.1) is 0 Å². The molecule has 1 rings (SSSR count). The van der Waals surface area contributed by atoms with E-state index < -0.39 is 5.38 Å². The average molecular weight is 231 g/mol. The standard InChI is InChI=1S/C10H11ClO2S/c1-6(11)9(13)8-4-2-3-7(5-12)10(8)14/h2-4,6,12,14H,5H2,1H3. The first kappa shape index (κ1) is 11.6. The molecule has 1 N–H and O–H groups in total. The number of Topliss-reactive ketones (excluding diaryl/α,β-unsaturated/α-hetero) is 1. The second-order valence-electron chi connectivity index (χ2n) is 2.95. The van der Waals surface area contributed by atoms with E-state index in [0.29, 0.717) is 16.0 Å². The maximum absolute atomic E-state index is 11.6. The molecule has 4 heteroatoms. The van der Waals surface area contributed by atoms with Crippen LogP contribution in [0.1, 0.15) is 22.8 Å². The predicted molar refractivity (Wildman–Crippen MR) is 59.3 cm³/mol. The fourth-order valence-electron chi connectivity index (χ4n) is 1.13. The SMILES string of the molecule is CC(Cl)C(=O)c1cccc(CO)c1S. The van der Waals surface area contributed by atoms with Gasteiger partial charge in [0.25, 0.3) is 0 Å². The minimum absolute atomic E-state index is 0.128. The number of thiol groups is 1. The summed E-state index contributed by atoms with van der Waals surface area (Å²) in [4.78, 5) is 12.1. The molecule has 1 unspecified atom stereocenters. The lowest BCUT2D eigenvalue weighted by atomic mass is 10.1. The quantitative estimate of drug-likeness (QED) is 0.475. The molecule has 0 saturated heterocycles. The fourth-order valence-corrected chi connectivity index (χ4v) is 1.58. The van der Waals surface area contributed by atoms with E-state index >= 15 is 0 Å². The molecule has 0 aromatic heterocycles. The number of carbonyl (C=O) groups excluding carboxylic acids is 1. The van der Waals surface area contributed by atoms with Gasteiger partial charge in [-0.15, -0.1) is 24.2 Å². The van der Waals surface area contributed by atoms with Crippen molar-refractivity contribution in [3.05, 3.63) is 29.3 Å². The van der Waals surface area contributed by atoms with Crippen LogP contribution in [0.4, 0.5) is 0 Å². The van der Waals surface area contributed by atoms with Crippen LogP contribution < -0.4 is 0 Å². The Kier molecular flexibility index (Phi) is 3.98. The zero-order valence-corrected chi connectivity index (χ0v) is 9.35. The monoisotopic (exact) mass is 230 g/mol. The van der Waals surface area contributed by atoms with E-state index in [-0.39, 0.29) is 12.4 Å². The summed E-state index contributed by atoms with van der Waals surface area (Å²) >= 11 is 9.87. The summed E-state index contributed by atoms with van der Waals surface area (Å²) in [7, 11) is 0. The topological polar surface area (TPSA) is 37.3 Å². The van der Waals surface area contributed by atoms with Crippen molar-refractivity contribution in [3.63, 3.8) is 0 Å². The van der Waals surface area contributed by atoms with Crippen molar-refractivity contribution in [2.24, 2.45) is 0 Å². The molecule has 0 amide bonds. The first-order valence-corrected chi connectivity index (χ1v) is 5.06. The van der Waals surface area contributed by atoms with Crippen LogP contribution in [0.25, 0.3) is 0 Å². The van der Waals surface area contributed by atoms with Gasteiger partial charge >= 0.3 is 0 Å². The third-order valence-corrected chi connectivity index (χ3v) is 2.64. The summed E-state index contributed by atoms with van der Waals surface area (Å²) in [6.07, 6.45) is 0. The Balaban J connectivity index is 3.16. The van der Waals surface area contributed by atoms with Crippen LogP contribution in [0.2, 0.25) is 0 Å². The van der Waals surface area contributed by atoms with Crippen LogP contribution >= 0.6 is 24.2 Å². The predicted octanol–water partition coefficient (Wildman–Crippen LogP) is 2.28. The minimum atomic E-state index is -0.574. The van der Waals surface area contributed by atoms with Crippen molar-refractivity contribution in [3.8, 4) is 0 Å². The number of carbonyl (C=O) groups is 1. The number of hydrogen-bond acceptors (Lipinski definition) is 3. The van der Waals surface area contributed by atoms with Crippen molar-refractivity contribution < 1.29 is 9.90 Å². The maximum atomic E-state index is 11.6. The molecular formula is C10H11ClO2S. The van der Waals surface area contributed by atoms with Crippen LogP contribution in [-0.4, -0.2) is 16.3 Å². The Labute approximate surface area is 93.3 Å². The lowest BCUT2D eigenvalue weighted by Crippen LogP contribution is -2.12. The largest absolute Gasteiger partial charge is 0.392 e. The van der Waals surface area contributed by atoms with E-state index in [9.17, 15) is 4.79 Å². The second-order valence-corrected chi connectivity index (χ2v) is 4.05. The van der Waals surface area contributed by atoms with Crippen molar-refractivity contribution in [2.75, 3.05) is 0 Å². The molecule has 0 spiro atoms. The van der Waals surface area contributed by atoms with Crippen molar-refractivity contribution >= 4 is 30.0 Å². The van der Waals surface area contributed by atoms with Gasteiger partial charge in [0, 0.05) is 10.5 Å². The minimum Gasteiger partial charge on any atom is -0.392 e. The molecule has 2 nitrogen and oxygen atoms in total. The van der Waals surface area contributed by atoms with Gasteiger partial charge in [-0.1, -0.05) is 18.2 Å². The van der Waals surface area contributed by atoms with E-state index in [0.717, 1.165) is 0 Å². The van der Waals surface area contributed by atoms with Gasteiger partial charge in [-0.05, 0) is 12.5 Å². The summed E-state index contributed by atoms with van der Waals surface area (Å²) < 4.78 is 0. The molecule has 0 radical (unpaired) electrons. The highest BCUT2D eigenvalue weighted by Crippen LogP contribution is 2.21. The highest BCUT2D eigenvalue weighted by atomic mass is 35.5. The zero-order chi connectivity index (χ0) is 10.7. The van der Waals surface area contributed by atoms with Crippen molar-refractivity contribution in [1.82, 2.24) is 0 Å². The third-order valence-electron chi connectivity index (χ3n) is 1.92. The maximum Gasteiger partial charge on any atom is 0.181 e. The van der Waals surface area contributed by atoms with Gasteiger partial charge in [0.1, 0.15) is 0 Å². The lowest BCUT2D eigenvalue weighted by molar-refractivity contribution is 0.0988. The van der Waals surface area contributed by atoms with Crippen LogP contribution in [-0.2, 0) is 6.61 Å². The molecule has 1 atom stereocenters. The number of aliphatic hydroxyl groups is 1. The Morgan fingerprint density at radius 2 is 2.29 bits per heavy atom. The van der Waals surface area contributed by atoms with E-state index in [4.69, 9.17) is 16.7 Å². The Bertz CT molecular complexity index is 350. The molecule has 0 aliphatic carbocycles. The number of hydrogen-bond donors (Lipinski definition) is 2. The first-order valence-electron chi connectivity index (χ1n) is 4.18. The van der Waals surface area contributed by atoms with Gasteiger partial charge in [-0.25, -0.2) is 0 Å². The molecule has 0 fully saturated rings. The Morgan fingerprint density at radius 1 is 1.64 bits per heavy atom. The summed E-state index contributed by atoms with van der Waals surface area (Å²) in [6, 6.07) is 5.08. The molecule has 1 aromatic carbocycles. The molecule has 0 aliphatic rings. The van der Waals surface area contributed by atoms with Gasteiger partial charge in [-0.3, -0.25) is 4.79 Å². The van der Waals surface area contributed by atoms with Gasteiger partial charge < -0.3 is 5.11 Å². The average Bonchev–Trinajstić information content (AvgIpc) is 2.17. The lowest BCUT2D eigenvalue weighted by Gasteiger charge is -2.08. The van der Waals surface area contributed by atoms with Gasteiger partial charge in [0.2, 0.25) is 0 Å². The molecule has 0 bridgehead atoms. The highest BCUT2D eigenvalue weighted by molar-refractivity contribution is 7.80. The molecular weight excluding hydrogens is 220 g/mol. The van der Waals surface area contributed by atoms with Crippen LogP contribution in [0.3, 0.4) is 0 Å². The summed E-state index contributed by atoms with van der Waals surface area (Å²) in [5.41, 5.74) is 1.10. The third kappa shape index (κ3) is 2.29. The Morgan fingerprint density at radius 3 is 2.79 bits per heavy atom. The fraction of sp³-hybridized carbons (Fsp3) is 0.300. The first-order chi connectivity index (χ1) is 6.57. The van der Waals surface area contributed by atoms with Crippen LogP contribution in [0.5, 0.6) is 0 Å². The number of aliphatic hydroxyl groups excluding tert-OH is 1. The number of halogens is 1. The van der Waals surface area contributed by atoms with Crippen molar-refractivity contribution in [1.29, 1.82) is 0 Å². The van der Waals surface area contributed by atoms with Gasteiger partial charge in [0.05, 0.1) is 12.0 Å². The summed E-state index contributed by atoms with van der Waals surface area (Å²) in [5.74, 6) is -0.174. The van der Waals surface area contributed by atoms with Crippen molar-refractivity contribution in [2.45, 2.75) is 23.8 Å². The molecule has 0 heterocycles. The smallest absolute Gasteiger partial charge is 0.181 e. The van der Waals surface area contributed by atoms with Gasteiger partial charge in [0.15, 0.2) is 5.78 Å². The molecule has 0 aliphatic heterocycles. The Hall–Kier alpha value is -0.510. The zero-order valence-electron chi connectivity index (χ0n) is 7.70. The molecule has 14 heavy (non-hydrogen) atoms. The van der Waals surface area contributed by atoms with Crippen LogP contribution in [0.15, 0.2) is 23.1 Å². The number of alkyl halides is 1. The highest BCUT2D eigenvalue weighted by Gasteiger charge is 2.16. The molecule has 1 aromatic rings. The number of ketones is 1. The van der Waals surface area contributed by atoms with E-state index in [1.165, 1.54) is 0 Å². The van der Waals surface area contributed by atoms with Gasteiger partial charge in [-0.2, -0.15) is 0 Å². The molecule has 76 valence electrons. The van der Waals surface area contributed by atoms with E-state index in [2.05, 4.69) is 12.6 Å².